The predicted molar refractivity (Wildman–Crippen MR) is 264 cm³/mol. The Balaban J connectivity index is 0.926. The van der Waals surface area contributed by atoms with E-state index in [1.807, 2.05) is 85.1 Å². The highest BCUT2D eigenvalue weighted by Crippen LogP contribution is 2.25. The fourth-order valence-electron chi connectivity index (χ4n) is 9.70. The zero-order valence-corrected chi connectivity index (χ0v) is 39.3. The second kappa shape index (κ2) is 22.2. The van der Waals surface area contributed by atoms with Crippen molar-refractivity contribution < 1.29 is 43.8 Å². The van der Waals surface area contributed by atoms with Crippen LogP contribution < -0.4 is 27.0 Å². The van der Waals surface area contributed by atoms with Gasteiger partial charge in [-0.15, -0.1) is 0 Å². The number of H-pyrrole nitrogens is 2. The number of carboxylic acid groups (broad SMARTS) is 1. The summed E-state index contributed by atoms with van der Waals surface area (Å²) in [5.74, 6) is -4.83. The molecule has 7 atom stereocenters. The number of rotatable bonds is 19. The predicted octanol–water partition coefficient (Wildman–Crippen LogP) is 2.98. The molecule has 2 aromatic heterocycles. The van der Waals surface area contributed by atoms with Crippen LogP contribution >= 0.6 is 0 Å². The van der Waals surface area contributed by atoms with Crippen LogP contribution in [0.2, 0.25) is 0 Å². The molecule has 6 amide bonds. The van der Waals surface area contributed by atoms with Crippen LogP contribution in [-0.2, 0) is 59.2 Å². The van der Waals surface area contributed by atoms with Crippen molar-refractivity contribution in [2.75, 3.05) is 13.1 Å². The minimum atomic E-state index is -1.36. The molecular weight excluding hydrogens is 907 g/mol. The lowest BCUT2D eigenvalue weighted by molar-refractivity contribution is -0.144. The van der Waals surface area contributed by atoms with E-state index >= 15 is 0 Å². The number of aromatic hydroxyl groups is 1. The van der Waals surface area contributed by atoms with Gasteiger partial charge in [-0.25, -0.2) is 4.79 Å². The summed E-state index contributed by atoms with van der Waals surface area (Å²) in [4.78, 5) is 106. The number of phenolic OH excluding ortho intramolecular Hbond substituents is 1. The molecule has 4 aromatic carbocycles. The summed E-state index contributed by atoms with van der Waals surface area (Å²) in [5, 5.41) is 32.7. The Morgan fingerprint density at radius 3 is 1.70 bits per heavy atom. The van der Waals surface area contributed by atoms with Crippen LogP contribution in [0.1, 0.15) is 54.9 Å². The number of carbonyl (C=O) groups is 7. The highest BCUT2D eigenvalue weighted by Gasteiger charge is 2.42. The molecule has 10 N–H and O–H groups in total. The van der Waals surface area contributed by atoms with Crippen LogP contribution in [0.25, 0.3) is 21.8 Å². The molecule has 2 aliphatic heterocycles. The Morgan fingerprint density at radius 1 is 0.592 bits per heavy atom. The van der Waals surface area contributed by atoms with Gasteiger partial charge in [0.1, 0.15) is 42.0 Å². The van der Waals surface area contributed by atoms with Crippen molar-refractivity contribution >= 4 is 63.2 Å². The number of fused-ring (bicyclic) bond motifs is 2. The van der Waals surface area contributed by atoms with Gasteiger partial charge in [0.25, 0.3) is 0 Å². The number of phenols is 1. The summed E-state index contributed by atoms with van der Waals surface area (Å²) in [7, 11) is 0. The van der Waals surface area contributed by atoms with Crippen LogP contribution in [-0.4, -0.2) is 127 Å². The Morgan fingerprint density at radius 2 is 1.10 bits per heavy atom. The summed E-state index contributed by atoms with van der Waals surface area (Å²) < 4.78 is 0. The Bertz CT molecular complexity index is 2900. The fraction of sp³-hybridized carbons (Fsp3) is 0.340. The van der Waals surface area contributed by atoms with E-state index in [0.29, 0.717) is 36.9 Å². The molecular formula is C53H59N9O9. The number of nitrogens with two attached hydrogens (primary N) is 1. The van der Waals surface area contributed by atoms with Crippen LogP contribution in [0, 0.1) is 0 Å². The number of benzene rings is 4. The van der Waals surface area contributed by atoms with Crippen molar-refractivity contribution in [1.29, 1.82) is 0 Å². The van der Waals surface area contributed by atoms with Gasteiger partial charge in [-0.05, 0) is 85.5 Å². The standard InChI is InChI=1S/C53H59N9O9/c1-31(47(64)58-42(25-33-19-21-36(63)22-20-33)48(65)60-44(53(70)71)28-35-30-56-41-16-8-6-14-38(35)41)57-49(66)45-17-10-24-62(45)52(69)43(26-32-11-3-2-4-12-32)59-50(67)46-18-9-23-61(46)51(68)39(54)27-34-29-55-40-15-7-5-13-37(34)40/h2-8,11-16,19-22,29-31,39,42-46,55-56,63H,9-10,17-18,23-28,54H2,1H3,(H,57,66)(H,58,64)(H,59,67)(H,60,65)(H,70,71)/t31-,39-,42-,43-,44-,45-,46-/m0/s1. The third-order valence-electron chi connectivity index (χ3n) is 13.5. The molecule has 2 aliphatic rings. The third kappa shape index (κ3) is 11.7. The molecule has 71 heavy (non-hydrogen) atoms. The van der Waals surface area contributed by atoms with Gasteiger partial charge in [0, 0.05) is 66.6 Å². The van der Waals surface area contributed by atoms with Gasteiger partial charge in [0.05, 0.1) is 6.04 Å². The lowest BCUT2D eigenvalue weighted by Crippen LogP contribution is -2.59. The molecule has 0 aliphatic carbocycles. The fourth-order valence-corrected chi connectivity index (χ4v) is 9.70. The van der Waals surface area contributed by atoms with Crippen LogP contribution in [0.4, 0.5) is 0 Å². The van der Waals surface area contributed by atoms with Crippen molar-refractivity contribution in [2.24, 2.45) is 5.73 Å². The zero-order chi connectivity index (χ0) is 50.2. The van der Waals surface area contributed by atoms with E-state index < -0.39 is 77.8 Å². The zero-order valence-electron chi connectivity index (χ0n) is 39.3. The van der Waals surface area contributed by atoms with Gasteiger partial charge >= 0.3 is 5.97 Å². The minimum Gasteiger partial charge on any atom is -0.508 e. The van der Waals surface area contributed by atoms with E-state index in [9.17, 15) is 43.8 Å². The second-order valence-corrected chi connectivity index (χ2v) is 18.4. The number of nitrogens with zero attached hydrogens (tertiary/aromatic N) is 2. The first-order chi connectivity index (χ1) is 34.2. The molecule has 2 fully saturated rings. The van der Waals surface area contributed by atoms with Crippen molar-refractivity contribution in [1.82, 2.24) is 41.0 Å². The summed E-state index contributed by atoms with van der Waals surface area (Å²) in [6.45, 7) is 1.96. The number of hydrogen-bond acceptors (Lipinski definition) is 9. The first kappa shape index (κ1) is 49.4. The van der Waals surface area contributed by atoms with Gasteiger partial charge in [-0.2, -0.15) is 0 Å². The van der Waals surface area contributed by atoms with Gasteiger partial charge in [-0.3, -0.25) is 28.8 Å². The smallest absolute Gasteiger partial charge is 0.326 e. The number of likely N-dealkylation sites (tertiary alicyclic amines) is 2. The number of aromatic nitrogens is 2. The third-order valence-corrected chi connectivity index (χ3v) is 13.5. The first-order valence-electron chi connectivity index (χ1n) is 24.0. The lowest BCUT2D eigenvalue weighted by Gasteiger charge is -2.31. The van der Waals surface area contributed by atoms with E-state index in [0.717, 1.165) is 32.9 Å². The van der Waals surface area contributed by atoms with Crippen molar-refractivity contribution in [3.63, 3.8) is 0 Å². The monoisotopic (exact) mass is 965 g/mol. The second-order valence-electron chi connectivity index (χ2n) is 18.4. The Kier molecular flexibility index (Phi) is 15.4. The molecule has 18 heteroatoms. The average Bonchev–Trinajstić information content (AvgIpc) is 4.21. The summed E-state index contributed by atoms with van der Waals surface area (Å²) in [6.07, 6.45) is 5.43. The van der Waals surface area contributed by atoms with Gasteiger partial charge in [0.15, 0.2) is 0 Å². The number of amides is 6. The molecule has 0 saturated carbocycles. The maximum Gasteiger partial charge on any atom is 0.326 e. The topological polar surface area (TPSA) is 272 Å². The average molecular weight is 966 g/mol. The number of para-hydroxylation sites is 2. The van der Waals surface area contributed by atoms with Crippen LogP contribution in [0.3, 0.4) is 0 Å². The number of aliphatic carboxylic acids is 1. The first-order valence-corrected chi connectivity index (χ1v) is 24.0. The molecule has 0 unspecified atom stereocenters. The Labute approximate surface area is 409 Å². The van der Waals surface area contributed by atoms with Gasteiger partial charge in [-0.1, -0.05) is 78.9 Å². The maximum atomic E-state index is 14.6. The molecule has 0 bridgehead atoms. The van der Waals surface area contributed by atoms with E-state index in [2.05, 4.69) is 31.2 Å². The minimum absolute atomic E-state index is 0.0148. The van der Waals surface area contributed by atoms with Crippen LogP contribution in [0.15, 0.2) is 116 Å². The quantitative estimate of drug-likeness (QED) is 0.0573. The van der Waals surface area contributed by atoms with E-state index in [4.69, 9.17) is 5.73 Å². The molecule has 18 nitrogen and oxygen atoms in total. The highest BCUT2D eigenvalue weighted by atomic mass is 16.4. The molecule has 0 spiro atoms. The summed E-state index contributed by atoms with van der Waals surface area (Å²) in [5.41, 5.74) is 11.1. The maximum absolute atomic E-state index is 14.6. The highest BCUT2D eigenvalue weighted by molar-refractivity contribution is 5.98. The van der Waals surface area contributed by atoms with E-state index in [1.54, 1.807) is 18.3 Å². The number of nitrogens with one attached hydrogen (secondary N) is 6. The number of aromatic amines is 2. The molecule has 4 heterocycles. The normalized spacial score (nSPS) is 17.8. The Hall–Kier alpha value is -7.99. The number of hydrogen-bond donors (Lipinski definition) is 9. The van der Waals surface area contributed by atoms with E-state index in [1.165, 1.54) is 28.9 Å². The van der Waals surface area contributed by atoms with Gasteiger partial charge < -0.3 is 57.0 Å². The van der Waals surface area contributed by atoms with E-state index in [-0.39, 0.29) is 50.3 Å². The molecule has 370 valence electrons. The van der Waals surface area contributed by atoms with Crippen LogP contribution in [0.5, 0.6) is 5.75 Å². The van der Waals surface area contributed by atoms with Crippen molar-refractivity contribution in [2.45, 2.75) is 101 Å². The molecule has 0 radical (unpaired) electrons. The van der Waals surface area contributed by atoms with Gasteiger partial charge in [0.2, 0.25) is 35.4 Å². The van der Waals surface area contributed by atoms with Crippen molar-refractivity contribution in [3.8, 4) is 5.75 Å². The lowest BCUT2D eigenvalue weighted by atomic mass is 10.0. The molecule has 6 aromatic rings. The molecule has 2 saturated heterocycles. The number of carboxylic acids is 1. The number of carbonyl (C=O) groups excluding carboxylic acids is 6. The summed E-state index contributed by atoms with van der Waals surface area (Å²) in [6, 6.07) is 22.4. The molecule has 8 rings (SSSR count). The largest absolute Gasteiger partial charge is 0.508 e. The SMILES string of the molecule is C[C@H](NC(=O)[C@@H]1CCCN1C(=O)[C@H](Cc1ccccc1)NC(=O)[C@@H]1CCCN1C(=O)[C@@H](N)Cc1c[nH]c2ccccc12)C(=O)N[C@@H](Cc1ccc(O)cc1)C(=O)N[C@@H](Cc1c[nH]c2ccccc12)C(=O)O. The summed E-state index contributed by atoms with van der Waals surface area (Å²) >= 11 is 0. The van der Waals surface area contributed by atoms with Crippen molar-refractivity contribution in [3.05, 3.63) is 138 Å².